The third-order valence-electron chi connectivity index (χ3n) is 4.28. The van der Waals surface area contributed by atoms with Gasteiger partial charge in [-0.3, -0.25) is 9.69 Å². The third-order valence-corrected chi connectivity index (χ3v) is 4.28. The molecule has 2 aromatic carbocycles. The van der Waals surface area contributed by atoms with Gasteiger partial charge >= 0.3 is 0 Å². The molecule has 0 saturated carbocycles. The molecule has 2 N–H and O–H groups in total. The number of carbonyl (C=O) groups is 1. The minimum Gasteiger partial charge on any atom is -0.399 e. The molecule has 1 aliphatic rings. The van der Waals surface area contributed by atoms with Gasteiger partial charge in [0.1, 0.15) is 0 Å². The summed E-state index contributed by atoms with van der Waals surface area (Å²) in [5, 5.41) is 0. The van der Waals surface area contributed by atoms with E-state index in [9.17, 15) is 4.79 Å². The van der Waals surface area contributed by atoms with Crippen LogP contribution < -0.4 is 5.73 Å². The van der Waals surface area contributed by atoms with E-state index >= 15 is 0 Å². The second-order valence-corrected chi connectivity index (χ2v) is 6.18. The van der Waals surface area contributed by atoms with E-state index in [1.807, 2.05) is 17.0 Å². The lowest BCUT2D eigenvalue weighted by Gasteiger charge is -2.34. The molecule has 1 amide bonds. The minimum absolute atomic E-state index is 0. The average Bonchev–Trinajstić information content (AvgIpc) is 2.55. The van der Waals surface area contributed by atoms with Gasteiger partial charge in [0.15, 0.2) is 0 Å². The fraction of sp³-hybridized carbons (Fsp3) is 0.316. The molecule has 0 spiro atoms. The van der Waals surface area contributed by atoms with E-state index in [1.165, 1.54) is 11.1 Å². The predicted octanol–water partition coefficient (Wildman–Crippen LogP) is 3.38. The van der Waals surface area contributed by atoms with Crippen LogP contribution in [-0.2, 0) is 6.54 Å². The van der Waals surface area contributed by atoms with Crippen molar-refractivity contribution in [1.82, 2.24) is 9.80 Å². The fourth-order valence-electron chi connectivity index (χ4n) is 3.03. The van der Waals surface area contributed by atoms with Gasteiger partial charge in [-0.25, -0.2) is 0 Å². The smallest absolute Gasteiger partial charge is 0.254 e. The lowest BCUT2D eigenvalue weighted by Crippen LogP contribution is -2.48. The SMILES string of the molecule is Cc1cccc(CN2CCN(C(=O)c3cccc(N)c3)CC2)c1.Cl.Cl. The zero-order valence-corrected chi connectivity index (χ0v) is 16.0. The number of anilines is 1. The highest BCUT2D eigenvalue weighted by Crippen LogP contribution is 2.14. The summed E-state index contributed by atoms with van der Waals surface area (Å²) in [5.41, 5.74) is 9.70. The molecular weight excluding hydrogens is 357 g/mol. The van der Waals surface area contributed by atoms with Crippen molar-refractivity contribution in [3.63, 3.8) is 0 Å². The van der Waals surface area contributed by atoms with Crippen molar-refractivity contribution in [2.45, 2.75) is 13.5 Å². The van der Waals surface area contributed by atoms with Crippen molar-refractivity contribution in [1.29, 1.82) is 0 Å². The molecule has 2 aromatic rings. The van der Waals surface area contributed by atoms with Gasteiger partial charge in [0.05, 0.1) is 0 Å². The maximum Gasteiger partial charge on any atom is 0.254 e. The number of piperazine rings is 1. The van der Waals surface area contributed by atoms with Crippen LogP contribution in [0.3, 0.4) is 0 Å². The zero-order chi connectivity index (χ0) is 16.2. The summed E-state index contributed by atoms with van der Waals surface area (Å²) < 4.78 is 0. The zero-order valence-electron chi connectivity index (χ0n) is 14.4. The van der Waals surface area contributed by atoms with Crippen molar-refractivity contribution < 1.29 is 4.79 Å². The van der Waals surface area contributed by atoms with Crippen LogP contribution in [0.15, 0.2) is 48.5 Å². The highest BCUT2D eigenvalue weighted by Gasteiger charge is 2.22. The molecule has 4 nitrogen and oxygen atoms in total. The number of benzene rings is 2. The minimum atomic E-state index is 0. The normalized spacial score (nSPS) is 14.4. The summed E-state index contributed by atoms with van der Waals surface area (Å²) in [7, 11) is 0. The number of halogens is 2. The molecule has 0 aliphatic carbocycles. The van der Waals surface area contributed by atoms with Crippen molar-refractivity contribution in [2.24, 2.45) is 0 Å². The summed E-state index contributed by atoms with van der Waals surface area (Å²) >= 11 is 0. The van der Waals surface area contributed by atoms with E-state index in [0.29, 0.717) is 11.3 Å². The summed E-state index contributed by atoms with van der Waals surface area (Å²) in [5.74, 6) is 0.0764. The molecule has 3 rings (SSSR count). The first-order valence-corrected chi connectivity index (χ1v) is 8.04. The average molecular weight is 382 g/mol. The Bertz CT molecular complexity index is 701. The van der Waals surface area contributed by atoms with E-state index in [4.69, 9.17) is 5.73 Å². The number of hydrogen-bond donors (Lipinski definition) is 1. The van der Waals surface area contributed by atoms with Crippen LogP contribution in [0.2, 0.25) is 0 Å². The second-order valence-electron chi connectivity index (χ2n) is 6.18. The largest absolute Gasteiger partial charge is 0.399 e. The molecule has 1 fully saturated rings. The highest BCUT2D eigenvalue weighted by molar-refractivity contribution is 5.95. The first-order chi connectivity index (χ1) is 11.1. The summed E-state index contributed by atoms with van der Waals surface area (Å²) in [6.07, 6.45) is 0. The van der Waals surface area contributed by atoms with Crippen LogP contribution in [0.5, 0.6) is 0 Å². The van der Waals surface area contributed by atoms with Gasteiger partial charge in [-0.05, 0) is 30.7 Å². The molecule has 0 radical (unpaired) electrons. The van der Waals surface area contributed by atoms with Crippen LogP contribution in [-0.4, -0.2) is 41.9 Å². The monoisotopic (exact) mass is 381 g/mol. The van der Waals surface area contributed by atoms with Crippen molar-refractivity contribution in [2.75, 3.05) is 31.9 Å². The Kier molecular flexibility index (Phi) is 8.23. The molecule has 1 heterocycles. The van der Waals surface area contributed by atoms with E-state index in [2.05, 4.69) is 36.1 Å². The van der Waals surface area contributed by atoms with Gasteiger partial charge < -0.3 is 10.6 Å². The maximum absolute atomic E-state index is 12.5. The first kappa shape index (κ1) is 21.3. The van der Waals surface area contributed by atoms with E-state index < -0.39 is 0 Å². The lowest BCUT2D eigenvalue weighted by atomic mass is 10.1. The Morgan fingerprint density at radius 3 is 2.32 bits per heavy atom. The predicted molar refractivity (Wildman–Crippen MR) is 108 cm³/mol. The second kappa shape index (κ2) is 9.66. The number of hydrogen-bond acceptors (Lipinski definition) is 3. The Morgan fingerprint density at radius 1 is 1.00 bits per heavy atom. The topological polar surface area (TPSA) is 49.6 Å². The molecule has 1 aliphatic heterocycles. The Labute approximate surface area is 161 Å². The molecule has 136 valence electrons. The van der Waals surface area contributed by atoms with Crippen LogP contribution in [0.1, 0.15) is 21.5 Å². The van der Waals surface area contributed by atoms with Gasteiger partial charge in [-0.2, -0.15) is 0 Å². The molecule has 0 bridgehead atoms. The molecule has 0 aromatic heterocycles. The Morgan fingerprint density at radius 2 is 1.68 bits per heavy atom. The van der Waals surface area contributed by atoms with Gasteiger partial charge in [0.25, 0.3) is 5.91 Å². The van der Waals surface area contributed by atoms with Crippen LogP contribution in [0.25, 0.3) is 0 Å². The van der Waals surface area contributed by atoms with Crippen molar-refractivity contribution in [3.05, 3.63) is 65.2 Å². The standard InChI is InChI=1S/C19H23N3O.2ClH/c1-15-4-2-5-16(12-15)14-21-8-10-22(11-9-21)19(23)17-6-3-7-18(20)13-17;;/h2-7,12-13H,8-11,14,20H2,1H3;2*1H. The van der Waals surface area contributed by atoms with Crippen molar-refractivity contribution >= 4 is 36.4 Å². The number of nitrogen functional groups attached to an aromatic ring is 1. The molecule has 1 saturated heterocycles. The molecule has 6 heteroatoms. The van der Waals surface area contributed by atoms with Crippen molar-refractivity contribution in [3.8, 4) is 0 Å². The van der Waals surface area contributed by atoms with Gasteiger partial charge in [0.2, 0.25) is 0 Å². The number of amides is 1. The maximum atomic E-state index is 12.5. The third kappa shape index (κ3) is 5.63. The fourth-order valence-corrected chi connectivity index (χ4v) is 3.03. The summed E-state index contributed by atoms with van der Waals surface area (Å²) in [6.45, 7) is 6.40. The summed E-state index contributed by atoms with van der Waals surface area (Å²) in [6, 6.07) is 15.8. The molecule has 0 unspecified atom stereocenters. The summed E-state index contributed by atoms with van der Waals surface area (Å²) in [4.78, 5) is 16.8. The number of aryl methyl sites for hydroxylation is 1. The highest BCUT2D eigenvalue weighted by atomic mass is 35.5. The van der Waals surface area contributed by atoms with Crippen LogP contribution in [0.4, 0.5) is 5.69 Å². The van der Waals surface area contributed by atoms with Gasteiger partial charge in [-0.1, -0.05) is 35.9 Å². The van der Waals surface area contributed by atoms with Crippen LogP contribution in [0, 0.1) is 6.92 Å². The van der Waals surface area contributed by atoms with E-state index in [1.54, 1.807) is 12.1 Å². The molecular formula is C19H25Cl2N3O. The van der Waals surface area contributed by atoms with Gasteiger partial charge in [-0.15, -0.1) is 24.8 Å². The Balaban J connectivity index is 0.00000156. The first-order valence-electron chi connectivity index (χ1n) is 8.04. The lowest BCUT2D eigenvalue weighted by molar-refractivity contribution is 0.0628. The van der Waals surface area contributed by atoms with Crippen LogP contribution >= 0.6 is 24.8 Å². The number of carbonyl (C=O) groups excluding carboxylic acids is 1. The van der Waals surface area contributed by atoms with Gasteiger partial charge in [0, 0.05) is 44.0 Å². The number of nitrogens with two attached hydrogens (primary N) is 1. The molecule has 25 heavy (non-hydrogen) atoms. The van der Waals surface area contributed by atoms with E-state index in [0.717, 1.165) is 32.7 Å². The quantitative estimate of drug-likeness (QED) is 0.828. The van der Waals surface area contributed by atoms with E-state index in [-0.39, 0.29) is 30.7 Å². The molecule has 0 atom stereocenters. The Hall–Kier alpha value is -1.75. The number of rotatable bonds is 3. The number of nitrogens with zero attached hydrogens (tertiary/aromatic N) is 2.